The van der Waals surface area contributed by atoms with Gasteiger partial charge in [0, 0.05) is 38.3 Å². The molecule has 0 aliphatic rings. The van der Waals surface area contributed by atoms with E-state index in [4.69, 9.17) is 9.47 Å². The number of hydrogen-bond donors (Lipinski definition) is 2. The average Bonchev–Trinajstić information content (AvgIpc) is 2.69. The lowest BCUT2D eigenvalue weighted by atomic mass is 10.1. The molecule has 2 N–H and O–H groups in total. The van der Waals surface area contributed by atoms with Crippen molar-refractivity contribution in [2.75, 3.05) is 37.5 Å². The zero-order valence-electron chi connectivity index (χ0n) is 16.9. The number of hydrogen-bond acceptors (Lipinski definition) is 5. The summed E-state index contributed by atoms with van der Waals surface area (Å²) in [5.41, 5.74) is 1.50. The molecule has 154 valence electrons. The minimum atomic E-state index is -0.366. The molecule has 0 atom stereocenters. The second-order valence-electron chi connectivity index (χ2n) is 6.20. The van der Waals surface area contributed by atoms with Crippen LogP contribution in [0.25, 0.3) is 0 Å². The molecule has 29 heavy (non-hydrogen) atoms. The Morgan fingerprint density at radius 2 is 1.59 bits per heavy atom. The van der Waals surface area contributed by atoms with Crippen LogP contribution in [-0.2, 0) is 9.59 Å². The lowest BCUT2D eigenvalue weighted by Gasteiger charge is -2.22. The van der Waals surface area contributed by atoms with Gasteiger partial charge >= 0.3 is 0 Å². The Balaban J connectivity index is 2.10. The molecular weight excluding hydrogens is 374 g/mol. The molecule has 0 heterocycles. The number of methoxy groups -OCH3 is 2. The zero-order valence-corrected chi connectivity index (χ0v) is 16.9. The Morgan fingerprint density at radius 3 is 2.14 bits per heavy atom. The first-order chi connectivity index (χ1) is 13.9. The zero-order chi connectivity index (χ0) is 21.4. The molecule has 0 aliphatic carbocycles. The maximum absolute atomic E-state index is 12.6. The largest absolute Gasteiger partial charge is 0.496 e. The monoisotopic (exact) mass is 399 g/mol. The van der Waals surface area contributed by atoms with Gasteiger partial charge in [-0.2, -0.15) is 0 Å². The molecule has 2 rings (SSSR count). The summed E-state index contributed by atoms with van der Waals surface area (Å²) in [6, 6.07) is 12.0. The number of nitrogens with one attached hydrogen (secondary N) is 2. The van der Waals surface area contributed by atoms with Gasteiger partial charge in [0.05, 0.1) is 14.2 Å². The van der Waals surface area contributed by atoms with Gasteiger partial charge in [-0.05, 0) is 30.3 Å². The molecule has 3 amide bonds. The van der Waals surface area contributed by atoms with Crippen LogP contribution >= 0.6 is 0 Å². The lowest BCUT2D eigenvalue weighted by molar-refractivity contribution is -0.116. The van der Waals surface area contributed by atoms with Gasteiger partial charge in [-0.3, -0.25) is 14.4 Å². The minimum Gasteiger partial charge on any atom is -0.496 e. The molecule has 2 aromatic carbocycles. The van der Waals surface area contributed by atoms with Crippen molar-refractivity contribution >= 4 is 29.1 Å². The second-order valence-corrected chi connectivity index (χ2v) is 6.20. The lowest BCUT2D eigenvalue weighted by Crippen LogP contribution is -2.37. The van der Waals surface area contributed by atoms with Crippen LogP contribution in [0.3, 0.4) is 0 Å². The number of nitrogens with zero attached hydrogens (tertiary/aromatic N) is 1. The molecule has 0 radical (unpaired) electrons. The summed E-state index contributed by atoms with van der Waals surface area (Å²) in [5, 5.41) is 5.47. The van der Waals surface area contributed by atoms with Crippen molar-refractivity contribution in [3.63, 3.8) is 0 Å². The Labute approximate surface area is 169 Å². The molecule has 0 bridgehead atoms. The van der Waals surface area contributed by atoms with Gasteiger partial charge in [0.15, 0.2) is 0 Å². The summed E-state index contributed by atoms with van der Waals surface area (Å²) < 4.78 is 10.5. The van der Waals surface area contributed by atoms with Gasteiger partial charge < -0.3 is 25.0 Å². The SMILES string of the molecule is COc1cccc(OC)c1C(=O)NCCN(C(C)=O)c1cccc(NC(C)=O)c1. The van der Waals surface area contributed by atoms with Crippen molar-refractivity contribution in [3.05, 3.63) is 48.0 Å². The Kier molecular flexibility index (Phi) is 7.59. The standard InChI is InChI=1S/C21H25N3O5/c1-14(25)23-16-7-5-8-17(13-16)24(15(2)26)12-11-22-21(27)20-18(28-3)9-6-10-19(20)29-4/h5-10,13H,11-12H2,1-4H3,(H,22,27)(H,23,25). The highest BCUT2D eigenvalue weighted by atomic mass is 16.5. The molecule has 0 aliphatic heterocycles. The van der Waals surface area contributed by atoms with E-state index in [1.54, 1.807) is 42.5 Å². The number of carbonyl (C=O) groups excluding carboxylic acids is 3. The molecule has 0 fully saturated rings. The van der Waals surface area contributed by atoms with Gasteiger partial charge in [-0.15, -0.1) is 0 Å². The first-order valence-electron chi connectivity index (χ1n) is 9.02. The topological polar surface area (TPSA) is 97.0 Å². The predicted octanol–water partition coefficient (Wildman–Crippen LogP) is 2.45. The van der Waals surface area contributed by atoms with E-state index in [0.717, 1.165) is 0 Å². The van der Waals surface area contributed by atoms with Crippen LogP contribution < -0.4 is 25.0 Å². The fourth-order valence-corrected chi connectivity index (χ4v) is 2.87. The highest BCUT2D eigenvalue weighted by Crippen LogP contribution is 2.28. The molecule has 8 nitrogen and oxygen atoms in total. The van der Waals surface area contributed by atoms with Crippen LogP contribution in [-0.4, -0.2) is 45.0 Å². The quantitative estimate of drug-likeness (QED) is 0.711. The minimum absolute atomic E-state index is 0.186. The average molecular weight is 399 g/mol. The highest BCUT2D eigenvalue weighted by Gasteiger charge is 2.19. The van der Waals surface area contributed by atoms with Crippen molar-refractivity contribution in [2.45, 2.75) is 13.8 Å². The molecular formula is C21H25N3O5. The first kappa shape index (κ1) is 21.7. The molecule has 0 spiro atoms. The number of rotatable bonds is 8. The van der Waals surface area contributed by atoms with Crippen molar-refractivity contribution in [1.82, 2.24) is 5.32 Å². The third kappa shape index (κ3) is 5.71. The Bertz CT molecular complexity index is 875. The van der Waals surface area contributed by atoms with Crippen molar-refractivity contribution < 1.29 is 23.9 Å². The number of amides is 3. The van der Waals surface area contributed by atoms with Crippen molar-refractivity contribution in [3.8, 4) is 11.5 Å². The normalized spacial score (nSPS) is 10.1. The predicted molar refractivity (Wildman–Crippen MR) is 111 cm³/mol. The third-order valence-corrected chi connectivity index (χ3v) is 4.13. The van der Waals surface area contributed by atoms with E-state index in [-0.39, 0.29) is 30.8 Å². The number of anilines is 2. The first-order valence-corrected chi connectivity index (χ1v) is 9.02. The Morgan fingerprint density at radius 1 is 0.966 bits per heavy atom. The highest BCUT2D eigenvalue weighted by molar-refractivity contribution is 6.00. The van der Waals surface area contributed by atoms with E-state index in [2.05, 4.69) is 10.6 Å². The van der Waals surface area contributed by atoms with Gasteiger partial charge in [-0.1, -0.05) is 12.1 Å². The summed E-state index contributed by atoms with van der Waals surface area (Å²) in [4.78, 5) is 37.5. The van der Waals surface area contributed by atoms with E-state index in [9.17, 15) is 14.4 Å². The second kappa shape index (κ2) is 10.1. The van der Waals surface area contributed by atoms with Crippen LogP contribution in [0.5, 0.6) is 11.5 Å². The fourth-order valence-electron chi connectivity index (χ4n) is 2.87. The van der Waals surface area contributed by atoms with Crippen molar-refractivity contribution in [1.29, 1.82) is 0 Å². The maximum Gasteiger partial charge on any atom is 0.258 e. The molecule has 2 aromatic rings. The van der Waals surface area contributed by atoms with Gasteiger partial charge in [0.25, 0.3) is 5.91 Å². The number of benzene rings is 2. The van der Waals surface area contributed by atoms with Gasteiger partial charge in [-0.25, -0.2) is 0 Å². The van der Waals surface area contributed by atoms with Crippen LogP contribution in [0.2, 0.25) is 0 Å². The smallest absolute Gasteiger partial charge is 0.258 e. The van der Waals surface area contributed by atoms with Crippen LogP contribution in [0, 0.1) is 0 Å². The maximum atomic E-state index is 12.6. The summed E-state index contributed by atoms with van der Waals surface area (Å²) >= 11 is 0. The summed E-state index contributed by atoms with van der Waals surface area (Å²) in [5.74, 6) is 0.0417. The fraction of sp³-hybridized carbons (Fsp3) is 0.286. The summed E-state index contributed by atoms with van der Waals surface area (Å²) in [6.07, 6.45) is 0. The number of ether oxygens (including phenoxy) is 2. The molecule has 0 saturated heterocycles. The van der Waals surface area contributed by atoms with Gasteiger partial charge in [0.1, 0.15) is 17.1 Å². The number of carbonyl (C=O) groups is 3. The van der Waals surface area contributed by atoms with Crippen molar-refractivity contribution in [2.24, 2.45) is 0 Å². The molecule has 0 aromatic heterocycles. The molecule has 8 heteroatoms. The van der Waals surface area contributed by atoms with E-state index >= 15 is 0 Å². The van der Waals surface area contributed by atoms with Crippen LogP contribution in [0.15, 0.2) is 42.5 Å². The van der Waals surface area contributed by atoms with Gasteiger partial charge in [0.2, 0.25) is 11.8 Å². The van der Waals surface area contributed by atoms with E-state index in [1.165, 1.54) is 33.0 Å². The summed E-state index contributed by atoms with van der Waals surface area (Å²) in [6.45, 7) is 3.32. The van der Waals surface area contributed by atoms with Crippen LogP contribution in [0.4, 0.5) is 11.4 Å². The van der Waals surface area contributed by atoms with E-state index in [1.807, 2.05) is 0 Å². The van der Waals surface area contributed by atoms with E-state index < -0.39 is 0 Å². The third-order valence-electron chi connectivity index (χ3n) is 4.13. The van der Waals surface area contributed by atoms with Crippen LogP contribution in [0.1, 0.15) is 24.2 Å². The Hall–Kier alpha value is -3.55. The molecule has 0 unspecified atom stereocenters. The van der Waals surface area contributed by atoms with E-state index in [0.29, 0.717) is 28.4 Å². The summed E-state index contributed by atoms with van der Waals surface area (Å²) in [7, 11) is 2.95. The molecule has 0 saturated carbocycles.